The lowest BCUT2D eigenvalue weighted by molar-refractivity contribution is -0.118. The van der Waals surface area contributed by atoms with E-state index in [0.29, 0.717) is 40.1 Å². The second-order valence-corrected chi connectivity index (χ2v) is 8.49. The molecule has 10 heteroatoms. The zero-order valence-electron chi connectivity index (χ0n) is 18.3. The maximum absolute atomic E-state index is 12.0. The first-order valence-corrected chi connectivity index (χ1v) is 11.1. The van der Waals surface area contributed by atoms with E-state index >= 15 is 0 Å². The van der Waals surface area contributed by atoms with Crippen molar-refractivity contribution in [2.24, 2.45) is 12.8 Å². The van der Waals surface area contributed by atoms with Gasteiger partial charge in [0, 0.05) is 25.1 Å². The molecule has 1 aliphatic carbocycles. The van der Waals surface area contributed by atoms with Gasteiger partial charge in [0.05, 0.1) is 28.2 Å². The zero-order valence-corrected chi connectivity index (χ0v) is 19.0. The molecule has 1 atom stereocenters. The predicted octanol–water partition coefficient (Wildman–Crippen LogP) is 4.11. The third-order valence-corrected chi connectivity index (χ3v) is 6.06. The summed E-state index contributed by atoms with van der Waals surface area (Å²) in [5.74, 6) is 1.38. The molecule has 1 fully saturated rings. The number of anilines is 1. The molecule has 0 bridgehead atoms. The van der Waals surface area contributed by atoms with E-state index in [1.165, 1.54) is 6.07 Å². The number of aromatic nitrogens is 4. The van der Waals surface area contributed by atoms with E-state index in [1.54, 1.807) is 47.3 Å². The molecule has 0 aliphatic heterocycles. The number of ketones is 1. The minimum absolute atomic E-state index is 0.0680. The first-order chi connectivity index (χ1) is 16.4. The summed E-state index contributed by atoms with van der Waals surface area (Å²) < 4.78 is 7.76. The van der Waals surface area contributed by atoms with E-state index < -0.39 is 5.91 Å². The van der Waals surface area contributed by atoms with Crippen LogP contribution in [0.2, 0.25) is 5.02 Å². The molecule has 0 radical (unpaired) electrons. The molecule has 1 unspecified atom stereocenters. The van der Waals surface area contributed by atoms with Crippen molar-refractivity contribution in [1.29, 1.82) is 0 Å². The van der Waals surface area contributed by atoms with Crippen molar-refractivity contribution in [1.82, 2.24) is 19.7 Å². The highest BCUT2D eigenvalue weighted by molar-refractivity contribution is 6.35. The van der Waals surface area contributed by atoms with Gasteiger partial charge in [0.25, 0.3) is 5.91 Å². The van der Waals surface area contributed by atoms with Crippen LogP contribution in [-0.4, -0.2) is 37.5 Å². The standard InChI is InChI=1S/C24H21ClN6O3/c1-31-22-15(12-27-31)20(10-9-16(22)25)34-14-7-5-13(6-8-14)24-29-18(23(26)33)11-21(30-24)28-17-3-2-4-19(17)32/h5-12,17H,2-4H2,1H3,(H2,26,33)(H,28,29,30). The number of nitrogens with one attached hydrogen (secondary N) is 1. The molecule has 1 aliphatic rings. The smallest absolute Gasteiger partial charge is 0.267 e. The van der Waals surface area contributed by atoms with E-state index in [2.05, 4.69) is 20.4 Å². The highest BCUT2D eigenvalue weighted by atomic mass is 35.5. The van der Waals surface area contributed by atoms with Crippen LogP contribution in [0, 0.1) is 0 Å². The molecular weight excluding hydrogens is 456 g/mol. The number of Topliss-reactive ketones (excluding diaryl/α,β-unsaturated/α-hetero) is 1. The van der Waals surface area contributed by atoms with E-state index in [9.17, 15) is 9.59 Å². The molecule has 0 spiro atoms. The summed E-state index contributed by atoms with van der Waals surface area (Å²) in [7, 11) is 1.82. The Balaban J connectivity index is 1.42. The average Bonchev–Trinajstić information content (AvgIpc) is 3.42. The third kappa shape index (κ3) is 4.17. The van der Waals surface area contributed by atoms with Gasteiger partial charge in [-0.3, -0.25) is 14.3 Å². The van der Waals surface area contributed by atoms with Gasteiger partial charge < -0.3 is 15.8 Å². The van der Waals surface area contributed by atoms with Crippen LogP contribution in [0.5, 0.6) is 11.5 Å². The van der Waals surface area contributed by atoms with Crippen LogP contribution < -0.4 is 15.8 Å². The Morgan fingerprint density at radius 2 is 2.00 bits per heavy atom. The molecule has 9 nitrogen and oxygen atoms in total. The molecule has 2 aromatic carbocycles. The Bertz CT molecular complexity index is 1420. The van der Waals surface area contributed by atoms with Gasteiger partial charge >= 0.3 is 0 Å². The molecule has 0 saturated heterocycles. The fourth-order valence-corrected chi connectivity index (χ4v) is 4.32. The largest absolute Gasteiger partial charge is 0.457 e. The molecule has 172 valence electrons. The molecule has 1 saturated carbocycles. The van der Waals surface area contributed by atoms with Crippen molar-refractivity contribution >= 4 is 40.0 Å². The number of ether oxygens (including phenoxy) is 1. The van der Waals surface area contributed by atoms with E-state index in [4.69, 9.17) is 22.1 Å². The number of aryl methyl sites for hydroxylation is 1. The Morgan fingerprint density at radius 3 is 2.71 bits per heavy atom. The van der Waals surface area contributed by atoms with Crippen LogP contribution in [0.4, 0.5) is 5.82 Å². The summed E-state index contributed by atoms with van der Waals surface area (Å²) in [5.41, 5.74) is 6.99. The summed E-state index contributed by atoms with van der Waals surface area (Å²) in [5, 5.41) is 8.76. The first-order valence-electron chi connectivity index (χ1n) is 10.8. The van der Waals surface area contributed by atoms with E-state index in [-0.39, 0.29) is 17.5 Å². The number of amides is 1. The number of nitrogens with two attached hydrogens (primary N) is 1. The summed E-state index contributed by atoms with van der Waals surface area (Å²) in [4.78, 5) is 32.6. The van der Waals surface area contributed by atoms with Crippen LogP contribution in [0.25, 0.3) is 22.3 Å². The Labute approximate surface area is 199 Å². The molecule has 1 amide bonds. The molecule has 5 rings (SSSR count). The molecule has 3 N–H and O–H groups in total. The summed E-state index contributed by atoms with van der Waals surface area (Å²) in [6, 6.07) is 11.8. The van der Waals surface area contributed by atoms with Crippen molar-refractivity contribution in [2.75, 3.05) is 5.32 Å². The van der Waals surface area contributed by atoms with Crippen molar-refractivity contribution < 1.29 is 14.3 Å². The van der Waals surface area contributed by atoms with Crippen LogP contribution in [0.15, 0.2) is 48.7 Å². The predicted molar refractivity (Wildman–Crippen MR) is 128 cm³/mol. The van der Waals surface area contributed by atoms with Gasteiger partial charge in [0.2, 0.25) is 0 Å². The molecule has 2 heterocycles. The van der Waals surface area contributed by atoms with Crippen molar-refractivity contribution in [3.05, 3.63) is 59.4 Å². The lowest BCUT2D eigenvalue weighted by atomic mass is 10.2. The number of halogens is 1. The van der Waals surface area contributed by atoms with Gasteiger partial charge in [0.1, 0.15) is 23.0 Å². The maximum atomic E-state index is 12.0. The first kappa shape index (κ1) is 21.8. The van der Waals surface area contributed by atoms with Gasteiger partial charge in [-0.05, 0) is 49.2 Å². The molecule has 2 aromatic heterocycles. The quantitative estimate of drug-likeness (QED) is 0.429. The lowest BCUT2D eigenvalue weighted by Crippen LogP contribution is -2.25. The second-order valence-electron chi connectivity index (χ2n) is 8.08. The van der Waals surface area contributed by atoms with Crippen molar-refractivity contribution in [3.8, 4) is 22.9 Å². The van der Waals surface area contributed by atoms with Gasteiger partial charge in [0.15, 0.2) is 11.6 Å². The number of nitrogens with zero attached hydrogens (tertiary/aromatic N) is 4. The Hall–Kier alpha value is -3.98. The number of carbonyl (C=O) groups is 2. The number of hydrogen-bond acceptors (Lipinski definition) is 7. The number of primary amides is 1. The fraction of sp³-hybridized carbons (Fsp3) is 0.208. The molecule has 34 heavy (non-hydrogen) atoms. The molecule has 4 aromatic rings. The highest BCUT2D eigenvalue weighted by Crippen LogP contribution is 2.34. The van der Waals surface area contributed by atoms with Crippen LogP contribution >= 0.6 is 11.6 Å². The number of carbonyl (C=O) groups excluding carboxylic acids is 2. The van der Waals surface area contributed by atoms with E-state index in [0.717, 1.165) is 23.7 Å². The zero-order chi connectivity index (χ0) is 23.8. The summed E-state index contributed by atoms with van der Waals surface area (Å²) >= 11 is 6.29. The number of benzene rings is 2. The van der Waals surface area contributed by atoms with Crippen LogP contribution in [0.3, 0.4) is 0 Å². The lowest BCUT2D eigenvalue weighted by Gasteiger charge is -2.13. The van der Waals surface area contributed by atoms with Gasteiger partial charge in [-0.2, -0.15) is 5.10 Å². The second kappa shape index (κ2) is 8.75. The average molecular weight is 477 g/mol. The van der Waals surface area contributed by atoms with E-state index in [1.807, 2.05) is 7.05 Å². The molecular formula is C24H21ClN6O3. The van der Waals surface area contributed by atoms with Gasteiger partial charge in [-0.15, -0.1) is 0 Å². The summed E-state index contributed by atoms with van der Waals surface area (Å²) in [6.07, 6.45) is 3.80. The van der Waals surface area contributed by atoms with Crippen LogP contribution in [0.1, 0.15) is 29.8 Å². The fourth-order valence-electron chi connectivity index (χ4n) is 4.03. The number of rotatable bonds is 6. The van der Waals surface area contributed by atoms with Gasteiger partial charge in [-0.25, -0.2) is 9.97 Å². The van der Waals surface area contributed by atoms with Gasteiger partial charge in [-0.1, -0.05) is 11.6 Å². The topological polar surface area (TPSA) is 125 Å². The normalized spacial score (nSPS) is 15.6. The number of hydrogen-bond donors (Lipinski definition) is 2. The minimum atomic E-state index is -0.673. The van der Waals surface area contributed by atoms with Crippen molar-refractivity contribution in [2.45, 2.75) is 25.3 Å². The Kier molecular flexibility index (Phi) is 5.62. The summed E-state index contributed by atoms with van der Waals surface area (Å²) in [6.45, 7) is 0. The highest BCUT2D eigenvalue weighted by Gasteiger charge is 2.25. The Morgan fingerprint density at radius 1 is 1.21 bits per heavy atom. The van der Waals surface area contributed by atoms with Crippen LogP contribution in [-0.2, 0) is 11.8 Å². The van der Waals surface area contributed by atoms with Crippen molar-refractivity contribution in [3.63, 3.8) is 0 Å². The monoisotopic (exact) mass is 476 g/mol. The minimum Gasteiger partial charge on any atom is -0.457 e. The maximum Gasteiger partial charge on any atom is 0.267 e. The SMILES string of the molecule is Cn1ncc2c(Oc3ccc(-c4nc(NC5CCCC5=O)cc(C(N)=O)n4)cc3)ccc(Cl)c21. The number of fused-ring (bicyclic) bond motifs is 1. The third-order valence-electron chi connectivity index (χ3n) is 5.76.